The molecule has 0 unspecified atom stereocenters. The smallest absolute Gasteiger partial charge is 0.0762 e. The summed E-state index contributed by atoms with van der Waals surface area (Å²) in [4.78, 5) is 0. The van der Waals surface area contributed by atoms with Crippen molar-refractivity contribution < 1.29 is 5.11 Å². The van der Waals surface area contributed by atoms with E-state index in [-0.39, 0.29) is 12.0 Å². The molecule has 0 spiro atoms. The van der Waals surface area contributed by atoms with Crippen LogP contribution in [0.3, 0.4) is 0 Å². The minimum Gasteiger partial charge on any atom is -0.396 e. The predicted molar refractivity (Wildman–Crippen MR) is 83.7 cm³/mol. The Bertz CT molecular complexity index is 370. The van der Waals surface area contributed by atoms with Crippen LogP contribution >= 0.6 is 0 Å². The Morgan fingerprint density at radius 2 is 2.05 bits per heavy atom. The second-order valence-corrected chi connectivity index (χ2v) is 6.35. The molecule has 0 aliphatic carbocycles. The first-order valence-electron chi connectivity index (χ1n) is 7.88. The maximum absolute atomic E-state index is 8.90. The fourth-order valence-corrected chi connectivity index (χ4v) is 2.51. The fourth-order valence-electron chi connectivity index (χ4n) is 2.51. The van der Waals surface area contributed by atoms with Crippen LogP contribution in [0.5, 0.6) is 0 Å². The molecule has 1 rings (SSSR count). The van der Waals surface area contributed by atoms with E-state index in [2.05, 4.69) is 55.1 Å². The Balaban J connectivity index is 2.39. The number of aliphatic hydroxyl groups excluding tert-OH is 1. The van der Waals surface area contributed by atoms with Gasteiger partial charge in [-0.2, -0.15) is 5.10 Å². The standard InChI is InChI=1S/C16H31N3O/c1-5-15(6-2)19-10-8-14(18-19)12-17-13-16(3,4)9-7-11-20/h8,10,15,17,20H,5-7,9,11-13H2,1-4H3. The Morgan fingerprint density at radius 1 is 1.35 bits per heavy atom. The van der Waals surface area contributed by atoms with Crippen molar-refractivity contribution in [3.8, 4) is 0 Å². The highest BCUT2D eigenvalue weighted by Crippen LogP contribution is 2.21. The second-order valence-electron chi connectivity index (χ2n) is 6.35. The summed E-state index contributed by atoms with van der Waals surface area (Å²) in [5, 5.41) is 17.0. The Morgan fingerprint density at radius 3 is 2.65 bits per heavy atom. The molecule has 116 valence electrons. The van der Waals surface area contributed by atoms with Crippen LogP contribution in [0, 0.1) is 5.41 Å². The number of hydrogen-bond acceptors (Lipinski definition) is 3. The van der Waals surface area contributed by atoms with Gasteiger partial charge in [0.1, 0.15) is 0 Å². The van der Waals surface area contributed by atoms with Crippen LogP contribution in [-0.2, 0) is 6.54 Å². The molecular formula is C16H31N3O. The number of aromatic nitrogens is 2. The lowest BCUT2D eigenvalue weighted by atomic mass is 9.88. The molecular weight excluding hydrogens is 250 g/mol. The molecule has 1 heterocycles. The zero-order valence-electron chi connectivity index (χ0n) is 13.5. The van der Waals surface area contributed by atoms with Crippen LogP contribution in [0.25, 0.3) is 0 Å². The number of nitrogens with one attached hydrogen (secondary N) is 1. The van der Waals surface area contributed by atoms with E-state index in [1.807, 2.05) is 0 Å². The van der Waals surface area contributed by atoms with Crippen LogP contribution in [0.1, 0.15) is 65.1 Å². The van der Waals surface area contributed by atoms with Gasteiger partial charge in [0.15, 0.2) is 0 Å². The highest BCUT2D eigenvalue weighted by molar-refractivity contribution is 4.99. The van der Waals surface area contributed by atoms with Crippen molar-refractivity contribution in [3.05, 3.63) is 18.0 Å². The van der Waals surface area contributed by atoms with Gasteiger partial charge >= 0.3 is 0 Å². The van der Waals surface area contributed by atoms with Crippen LogP contribution in [-0.4, -0.2) is 28.0 Å². The average molecular weight is 281 g/mol. The molecule has 0 atom stereocenters. The minimum absolute atomic E-state index is 0.223. The highest BCUT2D eigenvalue weighted by atomic mass is 16.2. The summed E-state index contributed by atoms with van der Waals surface area (Å²) in [6.45, 7) is 10.9. The number of aliphatic hydroxyl groups is 1. The molecule has 1 aromatic heterocycles. The van der Waals surface area contributed by atoms with Gasteiger partial charge in [-0.3, -0.25) is 4.68 Å². The monoisotopic (exact) mass is 281 g/mol. The molecule has 0 aliphatic heterocycles. The topological polar surface area (TPSA) is 50.1 Å². The first kappa shape index (κ1) is 17.2. The third-order valence-electron chi connectivity index (χ3n) is 3.90. The zero-order valence-corrected chi connectivity index (χ0v) is 13.5. The maximum Gasteiger partial charge on any atom is 0.0762 e. The lowest BCUT2D eigenvalue weighted by molar-refractivity contribution is 0.236. The molecule has 4 nitrogen and oxygen atoms in total. The van der Waals surface area contributed by atoms with Gasteiger partial charge in [-0.1, -0.05) is 27.7 Å². The fraction of sp³-hybridized carbons (Fsp3) is 0.812. The van der Waals surface area contributed by atoms with E-state index >= 15 is 0 Å². The summed E-state index contributed by atoms with van der Waals surface area (Å²) in [7, 11) is 0. The first-order valence-corrected chi connectivity index (χ1v) is 7.88. The third kappa shape index (κ3) is 5.63. The minimum atomic E-state index is 0.223. The van der Waals surface area contributed by atoms with Crippen LogP contribution in [0.15, 0.2) is 12.3 Å². The van der Waals surface area contributed by atoms with Crippen molar-refractivity contribution in [2.24, 2.45) is 5.41 Å². The van der Waals surface area contributed by atoms with E-state index in [1.165, 1.54) is 0 Å². The Hall–Kier alpha value is -0.870. The van der Waals surface area contributed by atoms with E-state index in [4.69, 9.17) is 5.11 Å². The lowest BCUT2D eigenvalue weighted by Gasteiger charge is -2.24. The molecule has 20 heavy (non-hydrogen) atoms. The Labute approximate surface area is 123 Å². The molecule has 0 fully saturated rings. The molecule has 4 heteroatoms. The van der Waals surface area contributed by atoms with Crippen molar-refractivity contribution >= 4 is 0 Å². The van der Waals surface area contributed by atoms with Gasteiger partial charge < -0.3 is 10.4 Å². The van der Waals surface area contributed by atoms with Crippen molar-refractivity contribution in [3.63, 3.8) is 0 Å². The number of nitrogens with zero attached hydrogens (tertiary/aromatic N) is 2. The van der Waals surface area contributed by atoms with Gasteiger partial charge in [0.05, 0.1) is 11.7 Å². The Kier molecular flexibility index (Phi) is 7.24. The molecule has 0 amide bonds. The SMILES string of the molecule is CCC(CC)n1ccc(CNCC(C)(C)CCCO)n1. The molecule has 0 radical (unpaired) electrons. The zero-order chi connectivity index (χ0) is 15.0. The quantitative estimate of drug-likeness (QED) is 0.693. The second kappa shape index (κ2) is 8.42. The largest absolute Gasteiger partial charge is 0.396 e. The van der Waals surface area contributed by atoms with Crippen LogP contribution < -0.4 is 5.32 Å². The molecule has 0 aromatic carbocycles. The van der Waals surface area contributed by atoms with E-state index in [1.54, 1.807) is 0 Å². The van der Waals surface area contributed by atoms with Gasteiger partial charge in [-0.05, 0) is 37.2 Å². The van der Waals surface area contributed by atoms with Crippen molar-refractivity contribution in [2.75, 3.05) is 13.2 Å². The van der Waals surface area contributed by atoms with Gasteiger partial charge in [0.25, 0.3) is 0 Å². The summed E-state index contributed by atoms with van der Waals surface area (Å²) >= 11 is 0. The predicted octanol–water partition coefficient (Wildman–Crippen LogP) is 3.13. The molecule has 0 saturated heterocycles. The van der Waals surface area contributed by atoms with E-state index < -0.39 is 0 Å². The molecule has 0 bridgehead atoms. The summed E-state index contributed by atoms with van der Waals surface area (Å²) < 4.78 is 2.09. The van der Waals surface area contributed by atoms with E-state index in [0.29, 0.717) is 6.04 Å². The molecule has 2 N–H and O–H groups in total. The first-order chi connectivity index (χ1) is 9.52. The van der Waals surface area contributed by atoms with Gasteiger partial charge in [-0.15, -0.1) is 0 Å². The summed E-state index contributed by atoms with van der Waals surface area (Å²) in [6.07, 6.45) is 6.25. The number of rotatable bonds is 10. The summed E-state index contributed by atoms with van der Waals surface area (Å²) in [5.74, 6) is 0. The van der Waals surface area contributed by atoms with Gasteiger partial charge in [0.2, 0.25) is 0 Å². The average Bonchev–Trinajstić information content (AvgIpc) is 2.86. The lowest BCUT2D eigenvalue weighted by Crippen LogP contribution is -2.29. The van der Waals surface area contributed by atoms with E-state index in [9.17, 15) is 0 Å². The normalized spacial score (nSPS) is 12.3. The van der Waals surface area contributed by atoms with Gasteiger partial charge in [-0.25, -0.2) is 0 Å². The summed E-state index contributed by atoms with van der Waals surface area (Å²) in [6, 6.07) is 2.62. The van der Waals surface area contributed by atoms with E-state index in [0.717, 1.165) is 44.5 Å². The van der Waals surface area contributed by atoms with Gasteiger partial charge in [0, 0.05) is 25.9 Å². The van der Waals surface area contributed by atoms with Crippen molar-refractivity contribution in [1.82, 2.24) is 15.1 Å². The maximum atomic E-state index is 8.90. The van der Waals surface area contributed by atoms with Crippen molar-refractivity contribution in [2.45, 2.75) is 66.0 Å². The third-order valence-corrected chi connectivity index (χ3v) is 3.90. The van der Waals surface area contributed by atoms with Crippen molar-refractivity contribution in [1.29, 1.82) is 0 Å². The molecule has 0 saturated carbocycles. The molecule has 1 aromatic rings. The highest BCUT2D eigenvalue weighted by Gasteiger charge is 2.16. The number of hydrogen-bond donors (Lipinski definition) is 2. The molecule has 0 aliphatic rings. The summed E-state index contributed by atoms with van der Waals surface area (Å²) in [5.41, 5.74) is 1.33. The van der Waals surface area contributed by atoms with Crippen LogP contribution in [0.4, 0.5) is 0 Å². The van der Waals surface area contributed by atoms with Crippen LogP contribution in [0.2, 0.25) is 0 Å².